The maximum Gasteiger partial charge on any atom is 0.309 e. The number of carbonyl (C=O) groups is 1. The summed E-state index contributed by atoms with van der Waals surface area (Å²) < 4.78 is 10.4. The highest BCUT2D eigenvalue weighted by molar-refractivity contribution is 5.72. The van der Waals surface area contributed by atoms with Gasteiger partial charge in [-0.25, -0.2) is 0 Å². The number of likely N-dealkylation sites (N-methyl/N-ethyl adjacent to an activating group) is 2. The average molecular weight is 280 g/mol. The minimum atomic E-state index is -0.242. The first-order valence-electron chi connectivity index (χ1n) is 6.77. The van der Waals surface area contributed by atoms with Gasteiger partial charge >= 0.3 is 5.97 Å². The first-order valence-corrected chi connectivity index (χ1v) is 6.77. The minimum Gasteiger partial charge on any atom is -0.492 e. The van der Waals surface area contributed by atoms with Gasteiger partial charge in [-0.15, -0.1) is 0 Å². The van der Waals surface area contributed by atoms with Gasteiger partial charge in [0.2, 0.25) is 0 Å². The molecule has 1 N–H and O–H groups in total. The molecule has 5 heteroatoms. The summed E-state index contributed by atoms with van der Waals surface area (Å²) in [6, 6.07) is 7.56. The zero-order valence-electron chi connectivity index (χ0n) is 12.5. The topological polar surface area (TPSA) is 50.8 Å². The van der Waals surface area contributed by atoms with E-state index in [1.807, 2.05) is 31.3 Å². The molecule has 0 aromatic heterocycles. The third-order valence-corrected chi connectivity index (χ3v) is 2.96. The zero-order chi connectivity index (χ0) is 14.8. The molecule has 1 aromatic rings. The van der Waals surface area contributed by atoms with Gasteiger partial charge in [0.25, 0.3) is 0 Å². The second-order valence-corrected chi connectivity index (χ2v) is 4.66. The second kappa shape index (κ2) is 9.34. The van der Waals surface area contributed by atoms with Crippen molar-refractivity contribution in [3.63, 3.8) is 0 Å². The number of nitrogens with zero attached hydrogens (tertiary/aromatic N) is 1. The summed E-state index contributed by atoms with van der Waals surface area (Å²) in [5.41, 5.74) is 0.901. The van der Waals surface area contributed by atoms with Crippen LogP contribution in [0.25, 0.3) is 0 Å². The Bertz CT molecular complexity index is 410. The number of carbonyl (C=O) groups excluding carboxylic acids is 1. The van der Waals surface area contributed by atoms with Crippen LogP contribution < -0.4 is 10.1 Å². The zero-order valence-corrected chi connectivity index (χ0v) is 12.5. The molecule has 0 atom stereocenters. The molecule has 0 saturated heterocycles. The molecule has 0 saturated carbocycles. The molecule has 5 nitrogen and oxygen atoms in total. The molecule has 0 unspecified atom stereocenters. The third-order valence-electron chi connectivity index (χ3n) is 2.96. The lowest BCUT2D eigenvalue weighted by Gasteiger charge is -2.16. The molecule has 0 heterocycles. The quantitative estimate of drug-likeness (QED) is 0.682. The Balaban J connectivity index is 2.36. The van der Waals surface area contributed by atoms with Crippen molar-refractivity contribution in [1.82, 2.24) is 10.2 Å². The smallest absolute Gasteiger partial charge is 0.309 e. The van der Waals surface area contributed by atoms with E-state index in [-0.39, 0.29) is 12.4 Å². The van der Waals surface area contributed by atoms with Crippen LogP contribution in [-0.2, 0) is 16.0 Å². The largest absolute Gasteiger partial charge is 0.492 e. The molecule has 20 heavy (non-hydrogen) atoms. The number of nitrogens with one attached hydrogen (secondary N) is 1. The standard InChI is InChI=1S/C15H24N2O3/c1-16-7-8-17(2)9-10-20-14-6-4-5-13(11-14)12-15(18)19-3/h4-6,11,16H,7-10,12H2,1-3H3. The van der Waals surface area contributed by atoms with Gasteiger partial charge in [-0.2, -0.15) is 0 Å². The van der Waals surface area contributed by atoms with E-state index in [2.05, 4.69) is 22.0 Å². The molecule has 0 amide bonds. The summed E-state index contributed by atoms with van der Waals surface area (Å²) in [7, 11) is 5.40. The SMILES string of the molecule is CNCCN(C)CCOc1cccc(CC(=O)OC)c1. The molecule has 1 aromatic carbocycles. The molecule has 1 rings (SSSR count). The molecular formula is C15H24N2O3. The van der Waals surface area contributed by atoms with Crippen LogP contribution in [0.2, 0.25) is 0 Å². The maximum absolute atomic E-state index is 11.2. The highest BCUT2D eigenvalue weighted by Gasteiger charge is 2.04. The van der Waals surface area contributed by atoms with Gasteiger partial charge in [0.1, 0.15) is 12.4 Å². The summed E-state index contributed by atoms with van der Waals surface area (Å²) in [5.74, 6) is 0.544. The van der Waals surface area contributed by atoms with Crippen LogP contribution >= 0.6 is 0 Å². The lowest BCUT2D eigenvalue weighted by atomic mass is 10.1. The van der Waals surface area contributed by atoms with Crippen LogP contribution in [0.1, 0.15) is 5.56 Å². The summed E-state index contributed by atoms with van der Waals surface area (Å²) >= 11 is 0. The molecule has 0 aliphatic heterocycles. The van der Waals surface area contributed by atoms with Crippen molar-refractivity contribution in [3.05, 3.63) is 29.8 Å². The third kappa shape index (κ3) is 6.54. The van der Waals surface area contributed by atoms with E-state index in [0.29, 0.717) is 6.61 Å². The van der Waals surface area contributed by atoms with E-state index in [4.69, 9.17) is 4.74 Å². The Morgan fingerprint density at radius 1 is 1.35 bits per heavy atom. The van der Waals surface area contributed by atoms with E-state index in [1.165, 1.54) is 7.11 Å². The van der Waals surface area contributed by atoms with Crippen molar-refractivity contribution in [2.45, 2.75) is 6.42 Å². The van der Waals surface area contributed by atoms with Crippen LogP contribution in [0, 0.1) is 0 Å². The predicted molar refractivity (Wildman–Crippen MR) is 79.1 cm³/mol. The van der Waals surface area contributed by atoms with E-state index < -0.39 is 0 Å². The summed E-state index contributed by atoms with van der Waals surface area (Å²) in [6.07, 6.45) is 0.274. The van der Waals surface area contributed by atoms with E-state index in [1.54, 1.807) is 0 Å². The highest BCUT2D eigenvalue weighted by atomic mass is 16.5. The molecule has 0 bridgehead atoms. The lowest BCUT2D eigenvalue weighted by Crippen LogP contribution is -2.30. The number of rotatable bonds is 9. The van der Waals surface area contributed by atoms with Crippen molar-refractivity contribution in [2.24, 2.45) is 0 Å². The highest BCUT2D eigenvalue weighted by Crippen LogP contribution is 2.14. The van der Waals surface area contributed by atoms with Crippen molar-refractivity contribution in [1.29, 1.82) is 0 Å². The van der Waals surface area contributed by atoms with E-state index in [9.17, 15) is 4.79 Å². The van der Waals surface area contributed by atoms with Gasteiger partial charge in [0.15, 0.2) is 0 Å². The Morgan fingerprint density at radius 2 is 2.15 bits per heavy atom. The average Bonchev–Trinajstić information content (AvgIpc) is 2.45. The van der Waals surface area contributed by atoms with Crippen LogP contribution in [0.5, 0.6) is 5.75 Å². The van der Waals surface area contributed by atoms with E-state index >= 15 is 0 Å². The number of methoxy groups -OCH3 is 1. The molecular weight excluding hydrogens is 256 g/mol. The summed E-state index contributed by atoms with van der Waals surface area (Å²) in [6.45, 7) is 3.44. The van der Waals surface area contributed by atoms with Gasteiger partial charge in [0.05, 0.1) is 13.5 Å². The van der Waals surface area contributed by atoms with Gasteiger partial charge in [-0.05, 0) is 31.8 Å². The fraction of sp³-hybridized carbons (Fsp3) is 0.533. The molecule has 0 radical (unpaired) electrons. The molecule has 0 aliphatic rings. The van der Waals surface area contributed by atoms with Gasteiger partial charge in [-0.3, -0.25) is 4.79 Å². The van der Waals surface area contributed by atoms with Crippen molar-refractivity contribution in [2.75, 3.05) is 47.4 Å². The molecule has 112 valence electrons. The first-order chi connectivity index (χ1) is 9.65. The fourth-order valence-electron chi connectivity index (χ4n) is 1.72. The Labute approximate surface area is 120 Å². The molecule has 0 fully saturated rings. The van der Waals surface area contributed by atoms with Gasteiger partial charge in [-0.1, -0.05) is 12.1 Å². The molecule has 0 aliphatic carbocycles. The fourth-order valence-corrected chi connectivity index (χ4v) is 1.72. The maximum atomic E-state index is 11.2. The van der Waals surface area contributed by atoms with Gasteiger partial charge in [0, 0.05) is 19.6 Å². The van der Waals surface area contributed by atoms with Crippen LogP contribution in [0.4, 0.5) is 0 Å². The second-order valence-electron chi connectivity index (χ2n) is 4.66. The predicted octanol–water partition coefficient (Wildman–Crippen LogP) is 0.932. The monoisotopic (exact) mass is 280 g/mol. The number of hydrogen-bond donors (Lipinski definition) is 1. The number of ether oxygens (including phenoxy) is 2. The lowest BCUT2D eigenvalue weighted by molar-refractivity contribution is -0.139. The first kappa shape index (κ1) is 16.5. The molecule has 0 spiro atoms. The summed E-state index contributed by atoms with van der Waals surface area (Å²) in [5, 5.41) is 3.11. The van der Waals surface area contributed by atoms with Crippen LogP contribution in [0.3, 0.4) is 0 Å². The minimum absolute atomic E-state index is 0.242. The van der Waals surface area contributed by atoms with Crippen molar-refractivity contribution < 1.29 is 14.3 Å². The number of hydrogen-bond acceptors (Lipinski definition) is 5. The summed E-state index contributed by atoms with van der Waals surface area (Å²) in [4.78, 5) is 13.4. The van der Waals surface area contributed by atoms with E-state index in [0.717, 1.165) is 30.9 Å². The van der Waals surface area contributed by atoms with Crippen LogP contribution in [-0.4, -0.2) is 58.3 Å². The normalized spacial score (nSPS) is 10.6. The van der Waals surface area contributed by atoms with Crippen LogP contribution in [0.15, 0.2) is 24.3 Å². The Morgan fingerprint density at radius 3 is 2.85 bits per heavy atom. The number of esters is 1. The van der Waals surface area contributed by atoms with Crippen molar-refractivity contribution >= 4 is 5.97 Å². The number of benzene rings is 1. The van der Waals surface area contributed by atoms with Gasteiger partial charge < -0.3 is 19.7 Å². The Hall–Kier alpha value is -1.59. The Kier molecular flexibility index (Phi) is 7.69. The van der Waals surface area contributed by atoms with Crippen molar-refractivity contribution in [3.8, 4) is 5.75 Å².